The fourth-order valence-corrected chi connectivity index (χ4v) is 1.45. The number of carbonyl (C=O) groups excluding carboxylic acids is 1. The maximum Gasteiger partial charge on any atom is 0.220 e. The summed E-state index contributed by atoms with van der Waals surface area (Å²) in [5.41, 5.74) is 0.826. The molecule has 1 amide bonds. The number of amides is 1. The van der Waals surface area contributed by atoms with E-state index >= 15 is 0 Å². The number of aliphatic hydroxyl groups is 1. The van der Waals surface area contributed by atoms with Crippen molar-refractivity contribution in [3.63, 3.8) is 0 Å². The average Bonchev–Trinajstić information content (AvgIpc) is 2.26. The zero-order chi connectivity index (χ0) is 12.0. The first kappa shape index (κ1) is 12.7. The Labute approximate surface area is 96.5 Å². The van der Waals surface area contributed by atoms with E-state index in [0.717, 1.165) is 5.56 Å². The van der Waals surface area contributed by atoms with E-state index in [1.54, 1.807) is 0 Å². The Morgan fingerprint density at radius 1 is 1.31 bits per heavy atom. The minimum absolute atomic E-state index is 0.00928. The lowest BCUT2D eigenvalue weighted by molar-refractivity contribution is -0.122. The highest BCUT2D eigenvalue weighted by Crippen LogP contribution is 2.10. The highest BCUT2D eigenvalue weighted by molar-refractivity contribution is 5.76. The van der Waals surface area contributed by atoms with Gasteiger partial charge >= 0.3 is 0 Å². The van der Waals surface area contributed by atoms with Crippen molar-refractivity contribution >= 4 is 5.91 Å². The van der Waals surface area contributed by atoms with Crippen LogP contribution in [0.5, 0.6) is 0 Å². The quantitative estimate of drug-likeness (QED) is 0.797. The molecular formula is C13H19NO2. The summed E-state index contributed by atoms with van der Waals surface area (Å²) in [7, 11) is 0. The van der Waals surface area contributed by atoms with Gasteiger partial charge in [-0.25, -0.2) is 0 Å². The highest BCUT2D eigenvalue weighted by Gasteiger charge is 2.09. The van der Waals surface area contributed by atoms with Crippen molar-refractivity contribution in [3.8, 4) is 0 Å². The second kappa shape index (κ2) is 6.28. The van der Waals surface area contributed by atoms with Crippen molar-refractivity contribution < 1.29 is 9.90 Å². The maximum absolute atomic E-state index is 11.4. The SMILES string of the molecule is CC(C)CC(=O)NCC(O)c1ccccc1. The van der Waals surface area contributed by atoms with E-state index in [1.165, 1.54) is 0 Å². The van der Waals surface area contributed by atoms with Gasteiger partial charge in [0.05, 0.1) is 6.10 Å². The van der Waals surface area contributed by atoms with E-state index in [0.29, 0.717) is 12.3 Å². The van der Waals surface area contributed by atoms with E-state index in [9.17, 15) is 9.90 Å². The molecule has 0 aromatic heterocycles. The molecular weight excluding hydrogens is 202 g/mol. The molecule has 0 aliphatic carbocycles. The molecule has 0 spiro atoms. The van der Waals surface area contributed by atoms with Gasteiger partial charge in [-0.05, 0) is 11.5 Å². The summed E-state index contributed by atoms with van der Waals surface area (Å²) < 4.78 is 0. The molecule has 2 N–H and O–H groups in total. The second-order valence-corrected chi connectivity index (χ2v) is 4.33. The van der Waals surface area contributed by atoms with Crippen LogP contribution in [0.25, 0.3) is 0 Å². The molecule has 1 aromatic rings. The van der Waals surface area contributed by atoms with Crippen LogP contribution in [-0.2, 0) is 4.79 Å². The van der Waals surface area contributed by atoms with Crippen LogP contribution >= 0.6 is 0 Å². The monoisotopic (exact) mass is 221 g/mol. The summed E-state index contributed by atoms with van der Waals surface area (Å²) in [6.45, 7) is 4.26. The fourth-order valence-electron chi connectivity index (χ4n) is 1.45. The predicted octanol–water partition coefficient (Wildman–Crippen LogP) is 1.88. The largest absolute Gasteiger partial charge is 0.387 e. The van der Waals surface area contributed by atoms with Crippen LogP contribution in [0.4, 0.5) is 0 Å². The summed E-state index contributed by atoms with van der Waals surface area (Å²) in [5, 5.41) is 12.5. The Kier molecular flexibility index (Phi) is 4.99. The van der Waals surface area contributed by atoms with Gasteiger partial charge in [-0.3, -0.25) is 4.79 Å². The van der Waals surface area contributed by atoms with Crippen molar-refractivity contribution in [1.82, 2.24) is 5.32 Å². The molecule has 3 heteroatoms. The first-order valence-electron chi connectivity index (χ1n) is 5.59. The molecule has 0 radical (unpaired) electrons. The van der Waals surface area contributed by atoms with Crippen molar-refractivity contribution in [2.75, 3.05) is 6.54 Å². The van der Waals surface area contributed by atoms with Gasteiger partial charge in [-0.1, -0.05) is 44.2 Å². The zero-order valence-corrected chi connectivity index (χ0v) is 9.81. The van der Waals surface area contributed by atoms with Crippen LogP contribution in [0, 0.1) is 5.92 Å². The van der Waals surface area contributed by atoms with E-state index in [4.69, 9.17) is 0 Å². The first-order chi connectivity index (χ1) is 7.59. The lowest BCUT2D eigenvalue weighted by atomic mass is 10.1. The van der Waals surface area contributed by atoms with Gasteiger partial charge in [0, 0.05) is 13.0 Å². The normalized spacial score (nSPS) is 12.5. The maximum atomic E-state index is 11.4. The summed E-state index contributed by atoms with van der Waals surface area (Å²) >= 11 is 0. The van der Waals surface area contributed by atoms with E-state index in [1.807, 2.05) is 44.2 Å². The van der Waals surface area contributed by atoms with Gasteiger partial charge in [0.15, 0.2) is 0 Å². The molecule has 3 nitrogen and oxygen atoms in total. The minimum Gasteiger partial charge on any atom is -0.387 e. The van der Waals surface area contributed by atoms with E-state index < -0.39 is 6.10 Å². The van der Waals surface area contributed by atoms with Crippen molar-refractivity contribution in [1.29, 1.82) is 0 Å². The average molecular weight is 221 g/mol. The second-order valence-electron chi connectivity index (χ2n) is 4.33. The highest BCUT2D eigenvalue weighted by atomic mass is 16.3. The Hall–Kier alpha value is -1.35. The van der Waals surface area contributed by atoms with Crippen molar-refractivity contribution in [2.24, 2.45) is 5.92 Å². The lowest BCUT2D eigenvalue weighted by Gasteiger charge is -2.12. The number of rotatable bonds is 5. The molecule has 0 heterocycles. The topological polar surface area (TPSA) is 49.3 Å². The third kappa shape index (κ3) is 4.45. The third-order valence-electron chi connectivity index (χ3n) is 2.27. The van der Waals surface area contributed by atoms with Gasteiger partial charge < -0.3 is 10.4 Å². The molecule has 0 aliphatic rings. The predicted molar refractivity (Wildman–Crippen MR) is 63.9 cm³/mol. The number of hydrogen-bond acceptors (Lipinski definition) is 2. The van der Waals surface area contributed by atoms with Gasteiger partial charge in [0.2, 0.25) is 5.91 Å². The summed E-state index contributed by atoms with van der Waals surface area (Å²) in [5.74, 6) is 0.332. The van der Waals surface area contributed by atoms with Crippen LogP contribution < -0.4 is 5.32 Å². The van der Waals surface area contributed by atoms with Crippen molar-refractivity contribution in [2.45, 2.75) is 26.4 Å². The molecule has 0 bridgehead atoms. The Morgan fingerprint density at radius 3 is 2.50 bits per heavy atom. The molecule has 0 saturated carbocycles. The molecule has 1 unspecified atom stereocenters. The Morgan fingerprint density at radius 2 is 1.94 bits per heavy atom. The summed E-state index contributed by atoms with van der Waals surface area (Å²) in [4.78, 5) is 11.4. The number of benzene rings is 1. The standard InChI is InChI=1S/C13H19NO2/c1-10(2)8-13(16)14-9-12(15)11-6-4-3-5-7-11/h3-7,10,12,15H,8-9H2,1-2H3,(H,14,16). The molecule has 0 aliphatic heterocycles. The summed E-state index contributed by atoms with van der Waals surface area (Å²) in [6.07, 6.45) is -0.126. The third-order valence-corrected chi connectivity index (χ3v) is 2.27. The van der Waals surface area contributed by atoms with Crippen molar-refractivity contribution in [3.05, 3.63) is 35.9 Å². The minimum atomic E-state index is -0.627. The molecule has 1 aromatic carbocycles. The van der Waals surface area contributed by atoms with E-state index in [-0.39, 0.29) is 12.5 Å². The van der Waals surface area contributed by atoms with Gasteiger partial charge in [-0.15, -0.1) is 0 Å². The smallest absolute Gasteiger partial charge is 0.220 e. The molecule has 16 heavy (non-hydrogen) atoms. The molecule has 0 saturated heterocycles. The van der Waals surface area contributed by atoms with Gasteiger partial charge in [0.1, 0.15) is 0 Å². The van der Waals surface area contributed by atoms with Gasteiger partial charge in [-0.2, -0.15) is 0 Å². The zero-order valence-electron chi connectivity index (χ0n) is 9.81. The van der Waals surface area contributed by atoms with Crippen LogP contribution in [0.1, 0.15) is 31.9 Å². The Bertz CT molecular complexity index is 322. The van der Waals surface area contributed by atoms with Gasteiger partial charge in [0.25, 0.3) is 0 Å². The number of hydrogen-bond donors (Lipinski definition) is 2. The van der Waals surface area contributed by atoms with Crippen LogP contribution in [-0.4, -0.2) is 17.6 Å². The molecule has 88 valence electrons. The Balaban J connectivity index is 2.36. The molecule has 0 fully saturated rings. The number of carbonyl (C=O) groups is 1. The van der Waals surface area contributed by atoms with Crippen LogP contribution in [0.3, 0.4) is 0 Å². The lowest BCUT2D eigenvalue weighted by Crippen LogP contribution is -2.29. The number of nitrogens with one attached hydrogen (secondary N) is 1. The molecule has 1 atom stereocenters. The molecule has 1 rings (SSSR count). The van der Waals surface area contributed by atoms with Crippen LogP contribution in [0.15, 0.2) is 30.3 Å². The number of aliphatic hydroxyl groups excluding tert-OH is 1. The first-order valence-corrected chi connectivity index (χ1v) is 5.59. The summed E-state index contributed by atoms with van der Waals surface area (Å²) in [6, 6.07) is 9.33. The fraction of sp³-hybridized carbons (Fsp3) is 0.462. The van der Waals surface area contributed by atoms with E-state index in [2.05, 4.69) is 5.32 Å². The van der Waals surface area contributed by atoms with Crippen LogP contribution in [0.2, 0.25) is 0 Å².